The number of ether oxygens (including phenoxy) is 1. The Hall–Kier alpha value is -1.46. The summed E-state index contributed by atoms with van der Waals surface area (Å²) in [6.45, 7) is 2.70. The Balaban J connectivity index is 1.60. The fraction of sp³-hybridized carbons (Fsp3) is 0.600. The number of rotatable bonds is 7. The molecule has 5 nitrogen and oxygen atoms in total. The molecule has 2 heterocycles. The largest absolute Gasteiger partial charge is 0.376 e. The van der Waals surface area contributed by atoms with Crippen molar-refractivity contribution < 1.29 is 9.53 Å². The number of hydrogen-bond acceptors (Lipinski definition) is 4. The van der Waals surface area contributed by atoms with Crippen molar-refractivity contribution in [3.63, 3.8) is 0 Å². The van der Waals surface area contributed by atoms with E-state index in [2.05, 4.69) is 10.3 Å². The monoisotopic (exact) mass is 277 g/mol. The van der Waals surface area contributed by atoms with Gasteiger partial charge in [0.25, 0.3) is 0 Å². The molecule has 110 valence electrons. The van der Waals surface area contributed by atoms with Gasteiger partial charge in [0, 0.05) is 38.0 Å². The van der Waals surface area contributed by atoms with Gasteiger partial charge in [-0.25, -0.2) is 0 Å². The van der Waals surface area contributed by atoms with E-state index in [1.165, 1.54) is 0 Å². The van der Waals surface area contributed by atoms with Crippen LogP contribution in [0.4, 0.5) is 0 Å². The highest BCUT2D eigenvalue weighted by atomic mass is 16.5. The lowest BCUT2D eigenvalue weighted by atomic mass is 10.2. The third-order valence-corrected chi connectivity index (χ3v) is 3.44. The molecule has 0 aliphatic carbocycles. The van der Waals surface area contributed by atoms with Gasteiger partial charge in [-0.1, -0.05) is 6.07 Å². The summed E-state index contributed by atoms with van der Waals surface area (Å²) in [4.78, 5) is 18.1. The summed E-state index contributed by atoms with van der Waals surface area (Å²) in [6.07, 6.45) is 5.01. The lowest BCUT2D eigenvalue weighted by molar-refractivity contribution is -0.122. The average Bonchev–Trinajstić information content (AvgIpc) is 2.97. The molecule has 1 fully saturated rings. The zero-order valence-corrected chi connectivity index (χ0v) is 12.0. The number of nitrogens with one attached hydrogen (secondary N) is 1. The van der Waals surface area contributed by atoms with Crippen LogP contribution in [0.25, 0.3) is 0 Å². The van der Waals surface area contributed by atoms with Crippen molar-refractivity contribution in [1.82, 2.24) is 15.2 Å². The summed E-state index contributed by atoms with van der Waals surface area (Å²) >= 11 is 0. The van der Waals surface area contributed by atoms with Crippen LogP contribution in [0.3, 0.4) is 0 Å². The van der Waals surface area contributed by atoms with Crippen molar-refractivity contribution in [1.29, 1.82) is 0 Å². The summed E-state index contributed by atoms with van der Waals surface area (Å²) in [5.74, 6) is 0.0593. The molecule has 0 saturated carbocycles. The lowest BCUT2D eigenvalue weighted by Crippen LogP contribution is -2.39. The fourth-order valence-corrected chi connectivity index (χ4v) is 2.26. The van der Waals surface area contributed by atoms with E-state index in [0.717, 1.165) is 38.1 Å². The van der Waals surface area contributed by atoms with E-state index in [1.807, 2.05) is 30.1 Å². The Morgan fingerprint density at radius 2 is 2.45 bits per heavy atom. The fourth-order valence-electron chi connectivity index (χ4n) is 2.26. The number of nitrogens with zero attached hydrogens (tertiary/aromatic N) is 2. The van der Waals surface area contributed by atoms with Gasteiger partial charge >= 0.3 is 0 Å². The predicted octanol–water partition coefficient (Wildman–Crippen LogP) is 0.851. The van der Waals surface area contributed by atoms with Crippen molar-refractivity contribution in [2.24, 2.45) is 0 Å². The minimum Gasteiger partial charge on any atom is -0.376 e. The molecular formula is C15H23N3O2. The molecule has 5 heteroatoms. The molecule has 2 rings (SSSR count). The second-order valence-electron chi connectivity index (χ2n) is 5.25. The van der Waals surface area contributed by atoms with Gasteiger partial charge in [-0.15, -0.1) is 0 Å². The molecule has 0 aromatic carbocycles. The Bertz CT molecular complexity index is 405. The Kier molecular flexibility index (Phi) is 5.95. The quantitative estimate of drug-likeness (QED) is 0.803. The molecule has 1 saturated heterocycles. The minimum absolute atomic E-state index is 0.0593. The lowest BCUT2D eigenvalue weighted by Gasteiger charge is -2.17. The zero-order chi connectivity index (χ0) is 14.2. The van der Waals surface area contributed by atoms with Crippen LogP contribution < -0.4 is 5.32 Å². The predicted molar refractivity (Wildman–Crippen MR) is 77.4 cm³/mol. The van der Waals surface area contributed by atoms with Crippen LogP contribution >= 0.6 is 0 Å². The summed E-state index contributed by atoms with van der Waals surface area (Å²) in [5.41, 5.74) is 1.05. The number of likely N-dealkylation sites (N-methyl/N-ethyl adjacent to an activating group) is 1. The number of aromatic nitrogens is 1. The molecule has 1 unspecified atom stereocenters. The first-order valence-corrected chi connectivity index (χ1v) is 7.21. The molecule has 0 spiro atoms. The number of carbonyl (C=O) groups excluding carboxylic acids is 1. The molecule has 1 atom stereocenters. The number of pyridine rings is 1. The van der Waals surface area contributed by atoms with Crippen LogP contribution in [0.1, 0.15) is 18.5 Å². The first-order chi connectivity index (χ1) is 9.74. The smallest absolute Gasteiger partial charge is 0.234 e. The summed E-state index contributed by atoms with van der Waals surface area (Å²) < 4.78 is 5.48. The van der Waals surface area contributed by atoms with E-state index in [1.54, 1.807) is 6.20 Å². The molecule has 1 aromatic heterocycles. The summed E-state index contributed by atoms with van der Waals surface area (Å²) in [5, 5.41) is 2.93. The summed E-state index contributed by atoms with van der Waals surface area (Å²) in [6, 6.07) is 5.90. The molecule has 1 N–H and O–H groups in total. The average molecular weight is 277 g/mol. The van der Waals surface area contributed by atoms with Crippen molar-refractivity contribution in [3.8, 4) is 0 Å². The van der Waals surface area contributed by atoms with Crippen LogP contribution in [0.2, 0.25) is 0 Å². The first-order valence-electron chi connectivity index (χ1n) is 7.21. The Morgan fingerprint density at radius 1 is 1.55 bits per heavy atom. The van der Waals surface area contributed by atoms with Crippen molar-refractivity contribution >= 4 is 5.91 Å². The van der Waals surface area contributed by atoms with Crippen molar-refractivity contribution in [2.75, 3.05) is 33.3 Å². The van der Waals surface area contributed by atoms with Crippen LogP contribution in [-0.2, 0) is 16.0 Å². The topological polar surface area (TPSA) is 54.5 Å². The standard InChI is InChI=1S/C15H23N3O2/c1-18(9-7-13-5-2-3-8-16-13)12-15(19)17-11-14-6-4-10-20-14/h2-3,5,8,14H,4,6-7,9-12H2,1H3,(H,17,19). The van der Waals surface area contributed by atoms with Crippen LogP contribution in [0.15, 0.2) is 24.4 Å². The maximum atomic E-state index is 11.8. The molecular weight excluding hydrogens is 254 g/mol. The first kappa shape index (κ1) is 14.9. The van der Waals surface area contributed by atoms with Gasteiger partial charge in [0.2, 0.25) is 5.91 Å². The molecule has 1 aliphatic heterocycles. The van der Waals surface area contributed by atoms with E-state index in [0.29, 0.717) is 13.1 Å². The maximum absolute atomic E-state index is 11.8. The van der Waals surface area contributed by atoms with Gasteiger partial charge in [-0.2, -0.15) is 0 Å². The highest BCUT2D eigenvalue weighted by Crippen LogP contribution is 2.10. The normalized spacial score (nSPS) is 18.4. The van der Waals surface area contributed by atoms with Crippen molar-refractivity contribution in [2.45, 2.75) is 25.4 Å². The van der Waals surface area contributed by atoms with Gasteiger partial charge in [-0.3, -0.25) is 14.7 Å². The zero-order valence-electron chi connectivity index (χ0n) is 12.0. The molecule has 1 aromatic rings. The number of amides is 1. The van der Waals surface area contributed by atoms with E-state index < -0.39 is 0 Å². The molecule has 1 amide bonds. The van der Waals surface area contributed by atoms with E-state index >= 15 is 0 Å². The molecule has 1 aliphatic rings. The van der Waals surface area contributed by atoms with Crippen LogP contribution in [0.5, 0.6) is 0 Å². The van der Waals surface area contributed by atoms with Gasteiger partial charge in [0.1, 0.15) is 0 Å². The van der Waals surface area contributed by atoms with E-state index in [-0.39, 0.29) is 12.0 Å². The third kappa shape index (κ3) is 5.27. The highest BCUT2D eigenvalue weighted by molar-refractivity contribution is 5.77. The van der Waals surface area contributed by atoms with Gasteiger partial charge in [0.05, 0.1) is 12.6 Å². The van der Waals surface area contributed by atoms with Crippen molar-refractivity contribution in [3.05, 3.63) is 30.1 Å². The highest BCUT2D eigenvalue weighted by Gasteiger charge is 2.16. The second kappa shape index (κ2) is 7.97. The minimum atomic E-state index is 0.0593. The van der Waals surface area contributed by atoms with Gasteiger partial charge in [-0.05, 0) is 32.0 Å². The van der Waals surface area contributed by atoms with E-state index in [9.17, 15) is 4.79 Å². The van der Waals surface area contributed by atoms with E-state index in [4.69, 9.17) is 4.74 Å². The number of hydrogen-bond donors (Lipinski definition) is 1. The Labute approximate surface area is 120 Å². The second-order valence-corrected chi connectivity index (χ2v) is 5.25. The molecule has 0 radical (unpaired) electrons. The van der Waals surface area contributed by atoms with Crippen LogP contribution in [-0.4, -0.2) is 55.2 Å². The van der Waals surface area contributed by atoms with Crippen LogP contribution in [0, 0.1) is 0 Å². The third-order valence-electron chi connectivity index (χ3n) is 3.44. The molecule has 0 bridgehead atoms. The summed E-state index contributed by atoms with van der Waals surface area (Å²) in [7, 11) is 1.95. The SMILES string of the molecule is CN(CCc1ccccn1)CC(=O)NCC1CCCO1. The Morgan fingerprint density at radius 3 is 3.15 bits per heavy atom. The maximum Gasteiger partial charge on any atom is 0.234 e. The van der Waals surface area contributed by atoms with Gasteiger partial charge < -0.3 is 10.1 Å². The number of carbonyl (C=O) groups is 1. The molecule has 20 heavy (non-hydrogen) atoms. The van der Waals surface area contributed by atoms with Gasteiger partial charge in [0.15, 0.2) is 0 Å².